The van der Waals surface area contributed by atoms with Crippen molar-refractivity contribution >= 4 is 17.0 Å². The van der Waals surface area contributed by atoms with Crippen LogP contribution in [0.25, 0.3) is 11.1 Å². The number of rotatable bonds is 7. The van der Waals surface area contributed by atoms with Crippen molar-refractivity contribution in [1.82, 2.24) is 25.3 Å². The number of unbranched alkanes of at least 4 members (excludes halogenated alkanes) is 1. The summed E-state index contributed by atoms with van der Waals surface area (Å²) in [5, 5.41) is 7.66. The number of hydrogen-bond acceptors (Lipinski definition) is 6. The Morgan fingerprint density at radius 3 is 2.65 bits per heavy atom. The molecule has 7 nitrogen and oxygen atoms in total. The molecule has 2 aromatic heterocycles. The van der Waals surface area contributed by atoms with Gasteiger partial charge in [0, 0.05) is 38.4 Å². The molecule has 0 atom stereocenters. The van der Waals surface area contributed by atoms with Crippen molar-refractivity contribution in [3.8, 4) is 0 Å². The van der Waals surface area contributed by atoms with Gasteiger partial charge in [0.2, 0.25) is 0 Å². The lowest BCUT2D eigenvalue weighted by atomic mass is 10.1. The predicted molar refractivity (Wildman–Crippen MR) is 101 cm³/mol. The highest BCUT2D eigenvalue weighted by molar-refractivity contribution is 6.05. The highest BCUT2D eigenvalue weighted by Crippen LogP contribution is 2.21. The fourth-order valence-electron chi connectivity index (χ4n) is 3.48. The summed E-state index contributed by atoms with van der Waals surface area (Å²) < 4.78 is 5.20. The van der Waals surface area contributed by atoms with E-state index in [1.54, 1.807) is 6.07 Å². The van der Waals surface area contributed by atoms with E-state index in [2.05, 4.69) is 32.2 Å². The molecule has 1 saturated heterocycles. The van der Waals surface area contributed by atoms with Crippen LogP contribution in [0.2, 0.25) is 0 Å². The van der Waals surface area contributed by atoms with Crippen LogP contribution in [0, 0.1) is 13.8 Å². The first-order valence-electron chi connectivity index (χ1n) is 9.55. The van der Waals surface area contributed by atoms with Gasteiger partial charge in [0.15, 0.2) is 0 Å². The monoisotopic (exact) mass is 359 g/mol. The van der Waals surface area contributed by atoms with Crippen molar-refractivity contribution in [2.45, 2.75) is 33.6 Å². The first-order valence-corrected chi connectivity index (χ1v) is 9.55. The molecule has 1 fully saturated rings. The molecular formula is C19H29N5O2. The quantitative estimate of drug-likeness (QED) is 0.762. The van der Waals surface area contributed by atoms with Gasteiger partial charge in [-0.2, -0.15) is 0 Å². The summed E-state index contributed by atoms with van der Waals surface area (Å²) in [6.07, 6.45) is 2.08. The number of aromatic nitrogens is 2. The zero-order chi connectivity index (χ0) is 18.5. The van der Waals surface area contributed by atoms with Crippen molar-refractivity contribution in [2.75, 3.05) is 45.8 Å². The van der Waals surface area contributed by atoms with Crippen molar-refractivity contribution in [2.24, 2.45) is 0 Å². The number of fused-ring (bicyclic) bond motifs is 1. The largest absolute Gasteiger partial charge is 0.352 e. The Kier molecular flexibility index (Phi) is 6.21. The summed E-state index contributed by atoms with van der Waals surface area (Å²) in [6, 6.07) is 1.80. The maximum absolute atomic E-state index is 12.6. The number of nitrogens with one attached hydrogen (secondary N) is 1. The smallest absolute Gasteiger partial charge is 0.258 e. The molecule has 0 bridgehead atoms. The molecule has 0 unspecified atom stereocenters. The number of piperazine rings is 1. The minimum absolute atomic E-state index is 0.0802. The lowest BCUT2D eigenvalue weighted by Crippen LogP contribution is -2.46. The van der Waals surface area contributed by atoms with E-state index in [4.69, 9.17) is 4.52 Å². The van der Waals surface area contributed by atoms with Crippen LogP contribution in [0.4, 0.5) is 0 Å². The zero-order valence-electron chi connectivity index (χ0n) is 16.0. The lowest BCUT2D eigenvalue weighted by molar-refractivity contribution is 0.0953. The highest BCUT2D eigenvalue weighted by Gasteiger charge is 2.18. The molecule has 2 aromatic rings. The summed E-state index contributed by atoms with van der Waals surface area (Å²) in [7, 11) is 0. The summed E-state index contributed by atoms with van der Waals surface area (Å²) in [5.74, 6) is -0.0802. The van der Waals surface area contributed by atoms with Crippen molar-refractivity contribution in [1.29, 1.82) is 0 Å². The van der Waals surface area contributed by atoms with Crippen LogP contribution in [0.3, 0.4) is 0 Å². The molecular weight excluding hydrogens is 330 g/mol. The Labute approximate surface area is 154 Å². The standard InChI is InChI=1S/C19H29N5O2/c1-4-23-9-11-24(12-10-23)8-6-5-7-20-18(25)16-13-14(2)21-19-17(16)15(3)22-26-19/h13H,4-12H2,1-3H3,(H,20,25). The lowest BCUT2D eigenvalue weighted by Gasteiger charge is -2.33. The molecule has 1 aliphatic rings. The molecule has 0 spiro atoms. The second-order valence-corrected chi connectivity index (χ2v) is 7.00. The number of nitrogens with zero attached hydrogens (tertiary/aromatic N) is 4. The molecule has 3 rings (SSSR count). The van der Waals surface area contributed by atoms with E-state index in [0.29, 0.717) is 28.9 Å². The first-order chi connectivity index (χ1) is 12.6. The molecule has 1 amide bonds. The SMILES string of the molecule is CCN1CCN(CCCCNC(=O)c2cc(C)nc3onc(C)c23)CC1. The third-order valence-corrected chi connectivity index (χ3v) is 5.09. The number of hydrogen-bond donors (Lipinski definition) is 1. The van der Waals surface area contributed by atoms with E-state index in [9.17, 15) is 4.79 Å². The minimum Gasteiger partial charge on any atom is -0.352 e. The molecule has 0 aromatic carbocycles. The van der Waals surface area contributed by atoms with Crippen LogP contribution in [0.5, 0.6) is 0 Å². The second-order valence-electron chi connectivity index (χ2n) is 7.00. The number of carbonyl (C=O) groups is 1. The van der Waals surface area contributed by atoms with Gasteiger partial charge < -0.3 is 19.6 Å². The van der Waals surface area contributed by atoms with Crippen LogP contribution in [0.15, 0.2) is 10.6 Å². The Bertz CT molecular complexity index is 750. The third kappa shape index (κ3) is 4.40. The molecule has 1 aliphatic heterocycles. The molecule has 0 radical (unpaired) electrons. The predicted octanol–water partition coefficient (Wildman–Crippen LogP) is 1.99. The number of pyridine rings is 1. The third-order valence-electron chi connectivity index (χ3n) is 5.09. The normalized spacial score (nSPS) is 16.3. The van der Waals surface area contributed by atoms with Crippen molar-refractivity contribution in [3.05, 3.63) is 23.0 Å². The fourth-order valence-corrected chi connectivity index (χ4v) is 3.48. The van der Waals surface area contributed by atoms with Crippen LogP contribution in [-0.2, 0) is 0 Å². The van der Waals surface area contributed by atoms with Gasteiger partial charge in [-0.15, -0.1) is 0 Å². The fraction of sp³-hybridized carbons (Fsp3) is 0.632. The number of carbonyl (C=O) groups excluding carboxylic acids is 1. The molecule has 142 valence electrons. The minimum atomic E-state index is -0.0802. The Balaban J connectivity index is 1.44. The van der Waals surface area contributed by atoms with Gasteiger partial charge in [-0.3, -0.25) is 4.79 Å². The van der Waals surface area contributed by atoms with Gasteiger partial charge in [-0.05, 0) is 45.8 Å². The van der Waals surface area contributed by atoms with E-state index in [1.165, 1.54) is 13.1 Å². The topological polar surface area (TPSA) is 74.5 Å². The van der Waals surface area contributed by atoms with E-state index in [0.717, 1.165) is 44.7 Å². The van der Waals surface area contributed by atoms with Gasteiger partial charge in [-0.1, -0.05) is 12.1 Å². The number of likely N-dealkylation sites (N-methyl/N-ethyl adjacent to an activating group) is 1. The van der Waals surface area contributed by atoms with Crippen LogP contribution >= 0.6 is 0 Å². The van der Waals surface area contributed by atoms with Crippen LogP contribution < -0.4 is 5.32 Å². The first kappa shape index (κ1) is 18.8. The van der Waals surface area contributed by atoms with Crippen molar-refractivity contribution < 1.29 is 9.32 Å². The molecule has 7 heteroatoms. The average molecular weight is 359 g/mol. The van der Waals surface area contributed by atoms with E-state index in [1.807, 2.05) is 13.8 Å². The number of amides is 1. The molecule has 0 saturated carbocycles. The number of aryl methyl sites for hydroxylation is 2. The summed E-state index contributed by atoms with van der Waals surface area (Å²) in [4.78, 5) is 21.9. The van der Waals surface area contributed by atoms with Crippen LogP contribution in [0.1, 0.15) is 41.5 Å². The molecule has 1 N–H and O–H groups in total. The Hall–Kier alpha value is -1.99. The van der Waals surface area contributed by atoms with Gasteiger partial charge in [0.25, 0.3) is 11.6 Å². The maximum atomic E-state index is 12.6. The molecule has 26 heavy (non-hydrogen) atoms. The van der Waals surface area contributed by atoms with Gasteiger partial charge >= 0.3 is 0 Å². The highest BCUT2D eigenvalue weighted by atomic mass is 16.5. The Morgan fingerprint density at radius 1 is 1.19 bits per heavy atom. The van der Waals surface area contributed by atoms with Crippen molar-refractivity contribution in [3.63, 3.8) is 0 Å². The van der Waals surface area contributed by atoms with Gasteiger partial charge in [0.05, 0.1) is 16.6 Å². The summed E-state index contributed by atoms with van der Waals surface area (Å²) >= 11 is 0. The Morgan fingerprint density at radius 2 is 1.92 bits per heavy atom. The molecule has 3 heterocycles. The zero-order valence-corrected chi connectivity index (χ0v) is 16.0. The summed E-state index contributed by atoms with van der Waals surface area (Å²) in [5.41, 5.74) is 2.48. The maximum Gasteiger partial charge on any atom is 0.258 e. The van der Waals surface area contributed by atoms with Gasteiger partial charge in [-0.25, -0.2) is 4.98 Å². The average Bonchev–Trinajstić information content (AvgIpc) is 3.01. The summed E-state index contributed by atoms with van der Waals surface area (Å²) in [6.45, 7) is 13.5. The van der Waals surface area contributed by atoms with Crippen LogP contribution in [-0.4, -0.2) is 71.7 Å². The van der Waals surface area contributed by atoms with Gasteiger partial charge in [0.1, 0.15) is 0 Å². The van der Waals surface area contributed by atoms with E-state index >= 15 is 0 Å². The van der Waals surface area contributed by atoms with E-state index in [-0.39, 0.29) is 5.91 Å². The second kappa shape index (κ2) is 8.60. The van der Waals surface area contributed by atoms with E-state index < -0.39 is 0 Å². The molecule has 0 aliphatic carbocycles.